The number of hydrogen-bond acceptors (Lipinski definition) is 6. The monoisotopic (exact) mass is 361 g/mol. The molecule has 0 radical (unpaired) electrons. The number of benzene rings is 2. The number of ether oxygens (including phenoxy) is 2. The first-order chi connectivity index (χ1) is 11.9. The predicted molar refractivity (Wildman–Crippen MR) is 91.2 cm³/mol. The molecule has 1 aliphatic rings. The molecule has 3 rings (SSSR count). The molecule has 1 aliphatic heterocycles. The lowest BCUT2D eigenvalue weighted by molar-refractivity contribution is -0.114. The Morgan fingerprint density at radius 2 is 1.84 bits per heavy atom. The van der Waals surface area contributed by atoms with Gasteiger partial charge in [0, 0.05) is 12.6 Å². The van der Waals surface area contributed by atoms with Crippen molar-refractivity contribution in [2.24, 2.45) is 5.10 Å². The summed E-state index contributed by atoms with van der Waals surface area (Å²) < 4.78 is 34.8. The molecular formula is C16H15N3O5S. The van der Waals surface area contributed by atoms with E-state index in [1.807, 2.05) is 0 Å². The highest BCUT2D eigenvalue weighted by Gasteiger charge is 2.14. The lowest BCUT2D eigenvalue weighted by atomic mass is 10.2. The summed E-state index contributed by atoms with van der Waals surface area (Å²) in [5, 5.41) is 6.32. The number of hydrogen-bond donors (Lipinski definition) is 2. The van der Waals surface area contributed by atoms with Crippen LogP contribution in [0.4, 0.5) is 5.69 Å². The third kappa shape index (κ3) is 4.07. The zero-order chi connectivity index (χ0) is 17.9. The normalized spacial score (nSPS) is 13.0. The number of sulfonamides is 1. The molecule has 0 unspecified atom stereocenters. The van der Waals surface area contributed by atoms with E-state index in [1.165, 1.54) is 37.4 Å². The molecule has 8 nitrogen and oxygen atoms in total. The maximum Gasteiger partial charge on any atom is 0.276 e. The van der Waals surface area contributed by atoms with Crippen LogP contribution < -0.4 is 19.6 Å². The molecule has 2 aromatic rings. The van der Waals surface area contributed by atoms with Crippen molar-refractivity contribution in [3.05, 3.63) is 48.0 Å². The number of anilines is 1. The number of amides is 1. The molecule has 130 valence electrons. The summed E-state index contributed by atoms with van der Waals surface area (Å²) in [4.78, 5) is 13.1. The molecule has 2 N–H and O–H groups in total. The van der Waals surface area contributed by atoms with Crippen molar-refractivity contribution in [3.63, 3.8) is 0 Å². The van der Waals surface area contributed by atoms with Crippen LogP contribution in [-0.2, 0) is 14.8 Å². The van der Waals surface area contributed by atoms with Gasteiger partial charge >= 0.3 is 0 Å². The molecular weight excluding hydrogens is 346 g/mol. The van der Waals surface area contributed by atoms with Gasteiger partial charge in [-0.25, -0.2) is 4.83 Å². The molecule has 0 fully saturated rings. The SMILES string of the molecule is CC(=O)Nc1ccc(S(=O)(=O)N/N=C\c2ccc3c(c2)OCO3)cc1. The predicted octanol–water partition coefficient (Wildman–Crippen LogP) is 1.69. The van der Waals surface area contributed by atoms with Gasteiger partial charge in [-0.05, 0) is 48.0 Å². The quantitative estimate of drug-likeness (QED) is 0.623. The van der Waals surface area contributed by atoms with Crippen LogP contribution in [0, 0.1) is 0 Å². The van der Waals surface area contributed by atoms with Crippen LogP contribution in [-0.4, -0.2) is 27.3 Å². The van der Waals surface area contributed by atoms with E-state index in [2.05, 4.69) is 15.2 Å². The Morgan fingerprint density at radius 1 is 1.12 bits per heavy atom. The van der Waals surface area contributed by atoms with Crippen molar-refractivity contribution in [2.75, 3.05) is 12.1 Å². The molecule has 0 saturated heterocycles. The van der Waals surface area contributed by atoms with Crippen LogP contribution in [0.25, 0.3) is 0 Å². The molecule has 0 saturated carbocycles. The highest BCUT2D eigenvalue weighted by atomic mass is 32.2. The van der Waals surface area contributed by atoms with Gasteiger partial charge in [0.25, 0.3) is 10.0 Å². The summed E-state index contributed by atoms with van der Waals surface area (Å²) in [6.07, 6.45) is 1.37. The minimum atomic E-state index is -3.80. The largest absolute Gasteiger partial charge is 0.454 e. The van der Waals surface area contributed by atoms with Crippen molar-refractivity contribution in [2.45, 2.75) is 11.8 Å². The molecule has 0 aromatic heterocycles. The minimum absolute atomic E-state index is 0.0319. The second kappa shape index (κ2) is 6.81. The van der Waals surface area contributed by atoms with E-state index >= 15 is 0 Å². The van der Waals surface area contributed by atoms with E-state index < -0.39 is 10.0 Å². The van der Waals surface area contributed by atoms with Crippen LogP contribution in [0.15, 0.2) is 52.5 Å². The number of carbonyl (C=O) groups is 1. The zero-order valence-electron chi connectivity index (χ0n) is 13.2. The van der Waals surface area contributed by atoms with Gasteiger partial charge in [0.1, 0.15) is 0 Å². The van der Waals surface area contributed by atoms with E-state index in [0.717, 1.165) is 0 Å². The number of nitrogens with one attached hydrogen (secondary N) is 2. The Hall–Kier alpha value is -3.07. The first-order valence-electron chi connectivity index (χ1n) is 7.26. The number of nitrogens with zero attached hydrogens (tertiary/aromatic N) is 1. The van der Waals surface area contributed by atoms with Gasteiger partial charge < -0.3 is 14.8 Å². The summed E-state index contributed by atoms with van der Waals surface area (Å²) in [5.41, 5.74) is 1.17. The summed E-state index contributed by atoms with van der Waals surface area (Å²) in [6, 6.07) is 10.9. The van der Waals surface area contributed by atoms with Crippen LogP contribution >= 0.6 is 0 Å². The molecule has 0 aliphatic carbocycles. The van der Waals surface area contributed by atoms with Gasteiger partial charge in [0.15, 0.2) is 11.5 Å². The summed E-state index contributed by atoms with van der Waals surface area (Å²) >= 11 is 0. The van der Waals surface area contributed by atoms with Gasteiger partial charge in [0.05, 0.1) is 11.1 Å². The highest BCUT2D eigenvalue weighted by Crippen LogP contribution is 2.31. The smallest absolute Gasteiger partial charge is 0.276 e. The first kappa shape index (κ1) is 16.8. The van der Waals surface area contributed by atoms with Crippen molar-refractivity contribution in [3.8, 4) is 11.5 Å². The van der Waals surface area contributed by atoms with E-state index in [0.29, 0.717) is 22.7 Å². The maximum atomic E-state index is 12.2. The van der Waals surface area contributed by atoms with Crippen LogP contribution in [0.3, 0.4) is 0 Å². The van der Waals surface area contributed by atoms with Gasteiger partial charge in [-0.15, -0.1) is 0 Å². The summed E-state index contributed by atoms with van der Waals surface area (Å²) in [5.74, 6) is 0.986. The fourth-order valence-electron chi connectivity index (χ4n) is 2.14. The van der Waals surface area contributed by atoms with Crippen molar-refractivity contribution < 1.29 is 22.7 Å². The molecule has 0 spiro atoms. The van der Waals surface area contributed by atoms with Crippen LogP contribution in [0.2, 0.25) is 0 Å². The number of rotatable bonds is 5. The van der Waals surface area contributed by atoms with Gasteiger partial charge in [-0.2, -0.15) is 13.5 Å². The van der Waals surface area contributed by atoms with E-state index in [1.54, 1.807) is 18.2 Å². The Bertz CT molecular complexity index is 923. The summed E-state index contributed by atoms with van der Waals surface area (Å²) in [7, 11) is -3.80. The average molecular weight is 361 g/mol. The Balaban J connectivity index is 1.68. The molecule has 9 heteroatoms. The van der Waals surface area contributed by atoms with Gasteiger partial charge in [0.2, 0.25) is 12.7 Å². The van der Waals surface area contributed by atoms with E-state index in [9.17, 15) is 13.2 Å². The van der Waals surface area contributed by atoms with Crippen molar-refractivity contribution >= 4 is 27.8 Å². The minimum Gasteiger partial charge on any atom is -0.454 e. The zero-order valence-corrected chi connectivity index (χ0v) is 14.0. The third-order valence-corrected chi connectivity index (χ3v) is 4.51. The second-order valence-electron chi connectivity index (χ2n) is 5.17. The fourth-order valence-corrected chi connectivity index (χ4v) is 2.93. The lowest BCUT2D eigenvalue weighted by Crippen LogP contribution is -2.18. The molecule has 0 atom stereocenters. The molecule has 1 amide bonds. The van der Waals surface area contributed by atoms with Crippen LogP contribution in [0.1, 0.15) is 12.5 Å². The fraction of sp³-hybridized carbons (Fsp3) is 0.125. The van der Waals surface area contributed by atoms with Gasteiger partial charge in [-0.1, -0.05) is 0 Å². The van der Waals surface area contributed by atoms with E-state index in [-0.39, 0.29) is 17.6 Å². The number of carbonyl (C=O) groups excluding carboxylic acids is 1. The topological polar surface area (TPSA) is 106 Å². The standard InChI is InChI=1S/C16H15N3O5S/c1-11(20)18-13-3-5-14(6-4-13)25(21,22)19-17-9-12-2-7-15-16(8-12)24-10-23-15/h2-9,19H,10H2,1H3,(H,18,20)/b17-9-. The van der Waals surface area contributed by atoms with Crippen LogP contribution in [0.5, 0.6) is 11.5 Å². The third-order valence-electron chi connectivity index (χ3n) is 3.27. The summed E-state index contributed by atoms with van der Waals surface area (Å²) in [6.45, 7) is 1.54. The molecule has 2 aromatic carbocycles. The molecule has 1 heterocycles. The molecule has 25 heavy (non-hydrogen) atoms. The number of hydrazone groups is 1. The Kier molecular flexibility index (Phi) is 4.57. The second-order valence-corrected chi connectivity index (χ2v) is 6.83. The van der Waals surface area contributed by atoms with Crippen molar-refractivity contribution in [1.29, 1.82) is 0 Å². The number of fused-ring (bicyclic) bond motifs is 1. The lowest BCUT2D eigenvalue weighted by Gasteiger charge is -2.05. The maximum absolute atomic E-state index is 12.2. The molecule has 0 bridgehead atoms. The Labute approximate surface area is 144 Å². The average Bonchev–Trinajstić information content (AvgIpc) is 3.02. The highest BCUT2D eigenvalue weighted by molar-refractivity contribution is 7.89. The Morgan fingerprint density at radius 3 is 2.56 bits per heavy atom. The van der Waals surface area contributed by atoms with Gasteiger partial charge in [-0.3, -0.25) is 4.79 Å². The van der Waals surface area contributed by atoms with Crippen molar-refractivity contribution in [1.82, 2.24) is 4.83 Å². The first-order valence-corrected chi connectivity index (χ1v) is 8.74. The van der Waals surface area contributed by atoms with E-state index in [4.69, 9.17) is 9.47 Å².